The second-order valence-corrected chi connectivity index (χ2v) is 30.6. The van der Waals surface area contributed by atoms with Gasteiger partial charge in [0.1, 0.15) is 0 Å². The standard InChI is InChI=1S/C34H57N6.3ClH.Ti/c1-29(2,3)22-19-25(32(10,11)12)38(35-22)28(39-26(33(13,14)15)20-23(36-39)30(4,5)6)40-27(34(16,17)18)21-24(37-40)31(7,8)9;;;;/h19-21H,1-18H3;3*1H;/q;;;;+3/p-3. The minimum atomic E-state index is -4.71. The fourth-order valence-electron chi connectivity index (χ4n) is 5.19. The molecular weight excluding hydrogens is 647 g/mol. The number of rotatable bonds is 4. The van der Waals surface area contributed by atoms with E-state index in [0.717, 1.165) is 34.2 Å². The maximum atomic E-state index is 7.63. The van der Waals surface area contributed by atoms with Crippen LogP contribution in [-0.4, -0.2) is 29.3 Å². The average Bonchev–Trinajstić information content (AvgIpc) is 3.48. The Morgan fingerprint density at radius 3 is 0.750 bits per heavy atom. The summed E-state index contributed by atoms with van der Waals surface area (Å²) in [4.78, 5) is 0. The third-order valence-corrected chi connectivity index (χ3v) is 13.3. The summed E-state index contributed by atoms with van der Waals surface area (Å²) >= 11 is -4.71. The van der Waals surface area contributed by atoms with E-state index in [4.69, 9.17) is 43.2 Å². The molecule has 0 spiro atoms. The van der Waals surface area contributed by atoms with Gasteiger partial charge >= 0.3 is 284 Å². The molecule has 0 amide bonds. The third-order valence-electron chi connectivity index (χ3n) is 8.00. The first-order chi connectivity index (χ1) is 19.2. The molecule has 44 heavy (non-hydrogen) atoms. The van der Waals surface area contributed by atoms with Crippen molar-refractivity contribution in [2.45, 2.75) is 161 Å². The zero-order valence-electron chi connectivity index (χ0n) is 30.5. The maximum absolute atomic E-state index is 7.63. The van der Waals surface area contributed by atoms with E-state index in [9.17, 15) is 0 Å². The van der Waals surface area contributed by atoms with Crippen molar-refractivity contribution in [2.24, 2.45) is 0 Å². The third kappa shape index (κ3) is 6.91. The molecule has 0 N–H and O–H groups in total. The molecule has 0 bridgehead atoms. The molecule has 0 aliphatic carbocycles. The summed E-state index contributed by atoms with van der Waals surface area (Å²) in [6.07, 6.45) is 0. The Morgan fingerprint density at radius 2 is 0.614 bits per heavy atom. The molecule has 0 unspecified atom stereocenters. The van der Waals surface area contributed by atoms with Crippen molar-refractivity contribution in [1.82, 2.24) is 29.3 Å². The van der Waals surface area contributed by atoms with Crippen LogP contribution in [0.25, 0.3) is 0 Å². The SMILES string of the molecule is CC(C)(C)c1cc(C(C)(C)C)n([C](n2nc(C(C)(C)C)cc2C(C)(C)C)(n2nc(C(C)(C)C)cc2C(C)(C)C)[Ti]([Cl])([Cl])[Cl])n1. The van der Waals surface area contributed by atoms with E-state index in [2.05, 4.69) is 143 Å². The van der Waals surface area contributed by atoms with Gasteiger partial charge in [0.25, 0.3) is 0 Å². The minimum absolute atomic E-state index is 0.251. The summed E-state index contributed by atoms with van der Waals surface area (Å²) in [6.45, 7) is 39.2. The Bertz CT molecular complexity index is 1330. The second kappa shape index (κ2) is 11.1. The zero-order valence-corrected chi connectivity index (χ0v) is 34.4. The van der Waals surface area contributed by atoms with Crippen molar-refractivity contribution in [3.8, 4) is 0 Å². The number of hydrogen-bond acceptors (Lipinski definition) is 3. The molecular formula is C34H57Cl3N6Ti. The van der Waals surface area contributed by atoms with Crippen LogP contribution in [0.3, 0.4) is 0 Å². The molecule has 6 nitrogen and oxygen atoms in total. The van der Waals surface area contributed by atoms with Crippen LogP contribution in [0.5, 0.6) is 0 Å². The normalized spacial score (nSPS) is 14.9. The molecule has 0 fully saturated rings. The van der Waals surface area contributed by atoms with Gasteiger partial charge in [0.15, 0.2) is 0 Å². The monoisotopic (exact) mass is 702 g/mol. The Balaban J connectivity index is 2.87. The van der Waals surface area contributed by atoms with Gasteiger partial charge in [-0.25, -0.2) is 0 Å². The van der Waals surface area contributed by atoms with Crippen molar-refractivity contribution < 1.29 is 13.4 Å². The van der Waals surface area contributed by atoms with Crippen molar-refractivity contribution in [3.63, 3.8) is 0 Å². The molecule has 248 valence electrons. The van der Waals surface area contributed by atoms with E-state index in [0.29, 0.717) is 0 Å². The Labute approximate surface area is 282 Å². The molecule has 3 heterocycles. The van der Waals surface area contributed by atoms with Crippen molar-refractivity contribution in [1.29, 1.82) is 0 Å². The van der Waals surface area contributed by atoms with E-state index in [1.165, 1.54) is 0 Å². The number of hydrogen-bond donors (Lipinski definition) is 0. The fourth-order valence-corrected chi connectivity index (χ4v) is 10.1. The number of halogens is 3. The van der Waals surface area contributed by atoms with Crippen LogP contribution in [0.1, 0.15) is 159 Å². The van der Waals surface area contributed by atoms with Crippen LogP contribution in [0.15, 0.2) is 18.2 Å². The molecule has 0 saturated heterocycles. The first-order valence-corrected chi connectivity index (χ1v) is 22.9. The molecule has 0 aliphatic heterocycles. The van der Waals surface area contributed by atoms with Crippen LogP contribution in [-0.2, 0) is 50.0 Å². The van der Waals surface area contributed by atoms with E-state index in [1.807, 2.05) is 14.0 Å². The van der Waals surface area contributed by atoms with Gasteiger partial charge in [-0.2, -0.15) is 0 Å². The van der Waals surface area contributed by atoms with E-state index < -0.39 is 17.5 Å². The molecule has 3 aromatic rings. The summed E-state index contributed by atoms with van der Waals surface area (Å²) in [7, 11) is 22.9. The first-order valence-electron chi connectivity index (χ1n) is 15.7. The van der Waals surface area contributed by atoms with Crippen LogP contribution >= 0.6 is 27.9 Å². The van der Waals surface area contributed by atoms with E-state index in [-0.39, 0.29) is 32.5 Å². The Hall–Kier alpha value is -0.786. The van der Waals surface area contributed by atoms with Crippen molar-refractivity contribution >= 4 is 27.9 Å². The molecule has 0 radical (unpaired) electrons. The number of nitrogens with zero attached hydrogens (tertiary/aromatic N) is 6. The van der Waals surface area contributed by atoms with Crippen molar-refractivity contribution in [2.75, 3.05) is 0 Å². The summed E-state index contributed by atoms with van der Waals surface area (Å²) < 4.78 is 4.53. The summed E-state index contributed by atoms with van der Waals surface area (Å²) in [6, 6.07) is 6.55. The summed E-state index contributed by atoms with van der Waals surface area (Å²) in [5, 5.41) is 16.3. The predicted molar refractivity (Wildman–Crippen MR) is 185 cm³/mol. The van der Waals surface area contributed by atoms with Gasteiger partial charge in [-0.05, 0) is 0 Å². The van der Waals surface area contributed by atoms with Gasteiger partial charge in [-0.1, -0.05) is 0 Å². The quantitative estimate of drug-likeness (QED) is 0.254. The van der Waals surface area contributed by atoms with Gasteiger partial charge in [-0.3, -0.25) is 0 Å². The molecule has 3 rings (SSSR count). The predicted octanol–water partition coefficient (Wildman–Crippen LogP) is 10.3. The Morgan fingerprint density at radius 1 is 0.409 bits per heavy atom. The van der Waals surface area contributed by atoms with E-state index >= 15 is 0 Å². The van der Waals surface area contributed by atoms with Crippen LogP contribution in [0.4, 0.5) is 0 Å². The molecule has 0 atom stereocenters. The van der Waals surface area contributed by atoms with Gasteiger partial charge < -0.3 is 0 Å². The van der Waals surface area contributed by atoms with Crippen LogP contribution in [0, 0.1) is 0 Å². The van der Waals surface area contributed by atoms with E-state index in [1.54, 1.807) is 0 Å². The fraction of sp³-hybridized carbons (Fsp3) is 0.735. The first kappa shape index (κ1) is 37.7. The molecule has 0 aliphatic rings. The summed E-state index contributed by atoms with van der Waals surface area (Å²) in [5.74, 6) is 0. The van der Waals surface area contributed by atoms with Gasteiger partial charge in [-0.15, -0.1) is 0 Å². The van der Waals surface area contributed by atoms with Crippen LogP contribution in [0.2, 0.25) is 0 Å². The molecule has 10 heteroatoms. The van der Waals surface area contributed by atoms with Gasteiger partial charge in [0, 0.05) is 0 Å². The van der Waals surface area contributed by atoms with Gasteiger partial charge in [0.2, 0.25) is 0 Å². The molecule has 0 saturated carbocycles. The zero-order chi connectivity index (χ0) is 34.4. The molecule has 3 aromatic heterocycles. The average molecular weight is 704 g/mol. The second-order valence-electron chi connectivity index (χ2n) is 18.6. The Kier molecular flexibility index (Phi) is 9.54. The summed E-state index contributed by atoms with van der Waals surface area (Å²) in [5.41, 5.74) is 3.85. The number of aromatic nitrogens is 6. The van der Waals surface area contributed by atoms with Gasteiger partial charge in [0.05, 0.1) is 0 Å². The van der Waals surface area contributed by atoms with Crippen LogP contribution < -0.4 is 0 Å². The molecule has 0 aromatic carbocycles. The van der Waals surface area contributed by atoms with Crippen molar-refractivity contribution in [3.05, 3.63) is 52.4 Å². The topological polar surface area (TPSA) is 53.5 Å².